The van der Waals surface area contributed by atoms with Gasteiger partial charge < -0.3 is 10.1 Å². The van der Waals surface area contributed by atoms with Crippen molar-refractivity contribution in [2.75, 3.05) is 12.4 Å². The molecule has 1 atom stereocenters. The molecule has 102 valence electrons. The third-order valence-electron chi connectivity index (χ3n) is 3.05. The highest BCUT2D eigenvalue weighted by atomic mass is 19.1. The van der Waals surface area contributed by atoms with Crippen molar-refractivity contribution >= 4 is 5.69 Å². The van der Waals surface area contributed by atoms with E-state index in [4.69, 9.17) is 4.74 Å². The first-order valence-electron chi connectivity index (χ1n) is 6.11. The zero-order chi connectivity index (χ0) is 14.0. The van der Waals surface area contributed by atoms with Crippen molar-refractivity contribution in [3.63, 3.8) is 0 Å². The molecule has 0 saturated carbocycles. The molecule has 0 saturated heterocycles. The third-order valence-corrected chi connectivity index (χ3v) is 3.05. The third kappa shape index (κ3) is 2.86. The second-order valence-corrected chi connectivity index (χ2v) is 4.56. The zero-order valence-corrected chi connectivity index (χ0v) is 11.6. The first-order valence-corrected chi connectivity index (χ1v) is 6.11. The highest BCUT2D eigenvalue weighted by Crippen LogP contribution is 2.25. The van der Waals surface area contributed by atoms with E-state index >= 15 is 0 Å². The molecule has 0 amide bonds. The number of anilines is 1. The molecular weight excluding hydrogens is 245 g/mol. The Labute approximate surface area is 112 Å². The Balaban J connectivity index is 2.19. The van der Waals surface area contributed by atoms with Gasteiger partial charge in [0.2, 0.25) is 0 Å². The van der Waals surface area contributed by atoms with E-state index in [2.05, 4.69) is 10.4 Å². The van der Waals surface area contributed by atoms with Crippen LogP contribution in [0.4, 0.5) is 10.1 Å². The Kier molecular flexibility index (Phi) is 3.74. The molecule has 4 nitrogen and oxygen atoms in total. The Morgan fingerprint density at radius 1 is 1.42 bits per heavy atom. The van der Waals surface area contributed by atoms with Crippen LogP contribution < -0.4 is 10.1 Å². The Hall–Kier alpha value is -2.04. The summed E-state index contributed by atoms with van der Waals surface area (Å²) >= 11 is 0. The van der Waals surface area contributed by atoms with Crippen molar-refractivity contribution < 1.29 is 9.13 Å². The Morgan fingerprint density at radius 2 is 2.16 bits per heavy atom. The lowest BCUT2D eigenvalue weighted by atomic mass is 10.1. The lowest BCUT2D eigenvalue weighted by Gasteiger charge is -2.15. The largest absolute Gasteiger partial charge is 0.494 e. The van der Waals surface area contributed by atoms with Crippen LogP contribution in [0.5, 0.6) is 5.75 Å². The predicted octanol–water partition coefficient (Wildman–Crippen LogP) is 3.05. The van der Waals surface area contributed by atoms with E-state index < -0.39 is 0 Å². The molecule has 1 heterocycles. The summed E-state index contributed by atoms with van der Waals surface area (Å²) in [6, 6.07) is 4.82. The molecule has 2 aromatic rings. The number of nitrogens with zero attached hydrogens (tertiary/aromatic N) is 2. The number of hydrogen-bond donors (Lipinski definition) is 1. The summed E-state index contributed by atoms with van der Waals surface area (Å²) in [5, 5.41) is 7.63. The maximum Gasteiger partial charge on any atom is 0.165 e. The standard InChI is InChI=1S/C14H18FN3O/c1-9(12-8-18(3)17-10(12)2)16-11-5-6-13(15)14(7-11)19-4/h5-9,16H,1-4H3. The summed E-state index contributed by atoms with van der Waals surface area (Å²) in [5.41, 5.74) is 2.91. The predicted molar refractivity (Wildman–Crippen MR) is 72.9 cm³/mol. The number of ether oxygens (including phenoxy) is 1. The van der Waals surface area contributed by atoms with Gasteiger partial charge in [0.15, 0.2) is 11.6 Å². The highest BCUT2D eigenvalue weighted by Gasteiger charge is 2.12. The molecule has 1 unspecified atom stereocenters. The average Bonchev–Trinajstić information content (AvgIpc) is 2.71. The van der Waals surface area contributed by atoms with E-state index in [1.54, 1.807) is 16.8 Å². The first-order chi connectivity index (χ1) is 9.01. The SMILES string of the molecule is COc1cc(NC(C)c2cn(C)nc2C)ccc1F. The minimum absolute atomic E-state index is 0.0869. The van der Waals surface area contributed by atoms with E-state index in [0.29, 0.717) is 0 Å². The van der Waals surface area contributed by atoms with Crippen molar-refractivity contribution in [2.45, 2.75) is 19.9 Å². The lowest BCUT2D eigenvalue weighted by Crippen LogP contribution is -2.07. The number of aryl methyl sites for hydroxylation is 2. The molecule has 0 aliphatic rings. The van der Waals surface area contributed by atoms with E-state index in [1.165, 1.54) is 13.2 Å². The number of methoxy groups -OCH3 is 1. The minimum Gasteiger partial charge on any atom is -0.494 e. The van der Waals surface area contributed by atoms with Gasteiger partial charge in [-0.2, -0.15) is 5.10 Å². The molecule has 1 N–H and O–H groups in total. The van der Waals surface area contributed by atoms with Crippen LogP contribution in [-0.4, -0.2) is 16.9 Å². The van der Waals surface area contributed by atoms with Gasteiger partial charge in [-0.05, 0) is 26.0 Å². The van der Waals surface area contributed by atoms with Crippen molar-refractivity contribution in [3.8, 4) is 5.75 Å². The van der Waals surface area contributed by atoms with Crippen molar-refractivity contribution in [1.29, 1.82) is 0 Å². The normalized spacial score (nSPS) is 12.3. The van der Waals surface area contributed by atoms with Gasteiger partial charge in [-0.15, -0.1) is 0 Å². The molecular formula is C14H18FN3O. The highest BCUT2D eigenvalue weighted by molar-refractivity contribution is 5.50. The van der Waals surface area contributed by atoms with E-state index in [1.807, 2.05) is 27.1 Å². The summed E-state index contributed by atoms with van der Waals surface area (Å²) in [4.78, 5) is 0. The maximum atomic E-state index is 13.3. The molecule has 0 aliphatic heterocycles. The number of halogens is 1. The van der Waals surface area contributed by atoms with Gasteiger partial charge in [0, 0.05) is 30.6 Å². The molecule has 0 radical (unpaired) electrons. The molecule has 19 heavy (non-hydrogen) atoms. The van der Waals surface area contributed by atoms with E-state index in [9.17, 15) is 4.39 Å². The summed E-state index contributed by atoms with van der Waals surface area (Å²) in [6.07, 6.45) is 1.98. The van der Waals surface area contributed by atoms with Gasteiger partial charge in [-0.3, -0.25) is 4.68 Å². The fraction of sp³-hybridized carbons (Fsp3) is 0.357. The Bertz CT molecular complexity index is 580. The van der Waals surface area contributed by atoms with Crippen LogP contribution in [0.1, 0.15) is 24.2 Å². The maximum absolute atomic E-state index is 13.3. The van der Waals surface area contributed by atoms with Crippen molar-refractivity contribution in [1.82, 2.24) is 9.78 Å². The van der Waals surface area contributed by atoms with Crippen LogP contribution in [0.2, 0.25) is 0 Å². The van der Waals surface area contributed by atoms with E-state index in [0.717, 1.165) is 16.9 Å². The van der Waals surface area contributed by atoms with Gasteiger partial charge in [0.1, 0.15) is 0 Å². The summed E-state index contributed by atoms with van der Waals surface area (Å²) in [5.74, 6) is -0.127. The van der Waals surface area contributed by atoms with Crippen LogP contribution in [0.25, 0.3) is 0 Å². The number of aromatic nitrogens is 2. The molecule has 2 rings (SSSR count). The number of hydrogen-bond acceptors (Lipinski definition) is 3. The minimum atomic E-state index is -0.363. The molecule has 0 bridgehead atoms. The summed E-state index contributed by atoms with van der Waals surface area (Å²) < 4.78 is 20.1. The molecule has 0 fully saturated rings. The average molecular weight is 263 g/mol. The second kappa shape index (κ2) is 5.30. The smallest absolute Gasteiger partial charge is 0.165 e. The molecule has 5 heteroatoms. The number of benzene rings is 1. The van der Waals surface area contributed by atoms with Crippen molar-refractivity contribution in [3.05, 3.63) is 41.5 Å². The fourth-order valence-electron chi connectivity index (χ4n) is 2.12. The van der Waals surface area contributed by atoms with Crippen LogP contribution in [0.3, 0.4) is 0 Å². The van der Waals surface area contributed by atoms with Gasteiger partial charge in [-0.1, -0.05) is 0 Å². The van der Waals surface area contributed by atoms with Crippen LogP contribution in [-0.2, 0) is 7.05 Å². The Morgan fingerprint density at radius 3 is 2.74 bits per heavy atom. The summed E-state index contributed by atoms with van der Waals surface area (Å²) in [7, 11) is 3.35. The van der Waals surface area contributed by atoms with E-state index in [-0.39, 0.29) is 17.6 Å². The molecule has 1 aromatic heterocycles. The monoisotopic (exact) mass is 263 g/mol. The van der Waals surface area contributed by atoms with Gasteiger partial charge >= 0.3 is 0 Å². The lowest BCUT2D eigenvalue weighted by molar-refractivity contribution is 0.387. The van der Waals surface area contributed by atoms with Gasteiger partial charge in [0.05, 0.1) is 18.8 Å². The molecule has 0 aliphatic carbocycles. The number of nitrogens with one attached hydrogen (secondary N) is 1. The summed E-state index contributed by atoms with van der Waals surface area (Å²) in [6.45, 7) is 4.01. The quantitative estimate of drug-likeness (QED) is 0.921. The topological polar surface area (TPSA) is 39.1 Å². The molecule has 1 aromatic carbocycles. The van der Waals surface area contributed by atoms with Crippen LogP contribution in [0, 0.1) is 12.7 Å². The second-order valence-electron chi connectivity index (χ2n) is 4.56. The molecule has 0 spiro atoms. The van der Waals surface area contributed by atoms with Crippen molar-refractivity contribution in [2.24, 2.45) is 7.05 Å². The fourth-order valence-corrected chi connectivity index (χ4v) is 2.12. The van der Waals surface area contributed by atoms with Crippen LogP contribution in [0.15, 0.2) is 24.4 Å². The number of rotatable bonds is 4. The van der Waals surface area contributed by atoms with Gasteiger partial charge in [-0.25, -0.2) is 4.39 Å². The van der Waals surface area contributed by atoms with Crippen LogP contribution >= 0.6 is 0 Å². The van der Waals surface area contributed by atoms with Gasteiger partial charge in [0.25, 0.3) is 0 Å². The zero-order valence-electron chi connectivity index (χ0n) is 11.6. The first kappa shape index (κ1) is 13.4.